The number of rotatable bonds is 16. The number of methoxy groups -OCH3 is 1. The van der Waals surface area contributed by atoms with Crippen LogP contribution in [0, 0.1) is 0 Å². The first-order chi connectivity index (χ1) is 12.2. The Bertz CT molecular complexity index is 422. The molecule has 4 nitrogen and oxygen atoms in total. The van der Waals surface area contributed by atoms with Gasteiger partial charge in [0.05, 0.1) is 7.11 Å². The fourth-order valence-electron chi connectivity index (χ4n) is 2.31. The molecule has 0 saturated heterocycles. The Hall–Kier alpha value is -1.84. The molecule has 0 aromatic carbocycles. The van der Waals surface area contributed by atoms with Gasteiger partial charge in [0.2, 0.25) is 0 Å². The Morgan fingerprint density at radius 1 is 0.720 bits per heavy atom. The molecule has 0 radical (unpaired) electrons. The van der Waals surface area contributed by atoms with Crippen LogP contribution in [0.5, 0.6) is 0 Å². The Balaban J connectivity index is 3.34. The van der Waals surface area contributed by atoms with E-state index < -0.39 is 5.97 Å². The Morgan fingerprint density at radius 3 is 1.84 bits per heavy atom. The summed E-state index contributed by atoms with van der Waals surface area (Å²) in [5.74, 6) is -0.830. The van der Waals surface area contributed by atoms with E-state index in [1.807, 2.05) is 0 Å². The minimum Gasteiger partial charge on any atom is -0.481 e. The van der Waals surface area contributed by atoms with E-state index in [0.717, 1.165) is 51.4 Å². The number of aliphatic carboxylic acids is 1. The van der Waals surface area contributed by atoms with Gasteiger partial charge in [0.15, 0.2) is 0 Å². The first kappa shape index (κ1) is 23.2. The van der Waals surface area contributed by atoms with Crippen LogP contribution in [-0.4, -0.2) is 24.2 Å². The van der Waals surface area contributed by atoms with Gasteiger partial charge in [0.1, 0.15) is 0 Å². The molecule has 0 heterocycles. The van der Waals surface area contributed by atoms with Crippen molar-refractivity contribution in [2.45, 2.75) is 77.0 Å². The van der Waals surface area contributed by atoms with Crippen molar-refractivity contribution < 1.29 is 19.4 Å². The third-order valence-corrected chi connectivity index (χ3v) is 3.79. The van der Waals surface area contributed by atoms with Crippen LogP contribution in [0.3, 0.4) is 0 Å². The lowest BCUT2D eigenvalue weighted by atomic mass is 10.1. The fourth-order valence-corrected chi connectivity index (χ4v) is 2.31. The van der Waals surface area contributed by atoms with Gasteiger partial charge in [-0.15, -0.1) is 0 Å². The van der Waals surface area contributed by atoms with Gasteiger partial charge in [-0.2, -0.15) is 0 Å². The third kappa shape index (κ3) is 20.1. The quantitative estimate of drug-likeness (QED) is 0.224. The van der Waals surface area contributed by atoms with Crippen molar-refractivity contribution in [1.29, 1.82) is 0 Å². The van der Waals surface area contributed by atoms with Crippen LogP contribution >= 0.6 is 0 Å². The lowest BCUT2D eigenvalue weighted by molar-refractivity contribution is -0.140. The molecule has 0 saturated carbocycles. The van der Waals surface area contributed by atoms with E-state index in [1.165, 1.54) is 20.0 Å². The lowest BCUT2D eigenvalue weighted by Gasteiger charge is -1.98. The van der Waals surface area contributed by atoms with E-state index in [0.29, 0.717) is 12.8 Å². The second-order valence-corrected chi connectivity index (χ2v) is 6.05. The molecular formula is C21H34O4. The van der Waals surface area contributed by atoms with E-state index >= 15 is 0 Å². The summed E-state index contributed by atoms with van der Waals surface area (Å²) in [6, 6.07) is 0. The van der Waals surface area contributed by atoms with Gasteiger partial charge in [0, 0.05) is 12.8 Å². The lowest BCUT2D eigenvalue weighted by Crippen LogP contribution is -1.98. The van der Waals surface area contributed by atoms with Crippen molar-refractivity contribution in [2.75, 3.05) is 7.11 Å². The van der Waals surface area contributed by atoms with Crippen molar-refractivity contribution in [3.05, 3.63) is 36.5 Å². The number of carboxylic acid groups (broad SMARTS) is 1. The summed E-state index contributed by atoms with van der Waals surface area (Å²) in [5.41, 5.74) is 0. The number of hydrogen-bond donors (Lipinski definition) is 1. The number of unbranched alkanes of at least 4 members (excludes halogenated alkanes) is 6. The Labute approximate surface area is 152 Å². The monoisotopic (exact) mass is 350 g/mol. The molecular weight excluding hydrogens is 316 g/mol. The van der Waals surface area contributed by atoms with Crippen molar-refractivity contribution in [3.8, 4) is 0 Å². The normalized spacial score (nSPS) is 11.7. The highest BCUT2D eigenvalue weighted by Crippen LogP contribution is 2.08. The molecule has 4 heteroatoms. The number of hydrogen-bond acceptors (Lipinski definition) is 3. The SMILES string of the molecule is COC(=O)CCC/C=C\C/C=C\C/C=C\CCCCCCCC(=O)O. The number of carboxylic acids is 1. The zero-order chi connectivity index (χ0) is 18.6. The first-order valence-electron chi connectivity index (χ1n) is 9.40. The van der Waals surface area contributed by atoms with Crippen molar-refractivity contribution in [2.24, 2.45) is 0 Å². The minimum atomic E-state index is -0.690. The molecule has 0 fully saturated rings. The van der Waals surface area contributed by atoms with Crippen LogP contribution in [0.15, 0.2) is 36.5 Å². The molecule has 25 heavy (non-hydrogen) atoms. The molecule has 0 unspecified atom stereocenters. The van der Waals surface area contributed by atoms with Gasteiger partial charge in [-0.1, -0.05) is 55.7 Å². The number of ether oxygens (including phenoxy) is 1. The number of esters is 1. The molecule has 0 atom stereocenters. The van der Waals surface area contributed by atoms with Crippen LogP contribution in [0.1, 0.15) is 77.0 Å². The van der Waals surface area contributed by atoms with Crippen molar-refractivity contribution in [1.82, 2.24) is 0 Å². The van der Waals surface area contributed by atoms with Crippen molar-refractivity contribution >= 4 is 11.9 Å². The van der Waals surface area contributed by atoms with E-state index in [4.69, 9.17) is 5.11 Å². The highest BCUT2D eigenvalue weighted by atomic mass is 16.5. The fraction of sp³-hybridized carbons (Fsp3) is 0.619. The second kappa shape index (κ2) is 18.5. The topological polar surface area (TPSA) is 63.6 Å². The third-order valence-electron chi connectivity index (χ3n) is 3.79. The largest absolute Gasteiger partial charge is 0.481 e. The van der Waals surface area contributed by atoms with Gasteiger partial charge in [-0.05, 0) is 44.9 Å². The average Bonchev–Trinajstić information content (AvgIpc) is 2.60. The highest BCUT2D eigenvalue weighted by molar-refractivity contribution is 5.69. The predicted octanol–water partition coefficient (Wildman–Crippen LogP) is 5.59. The zero-order valence-corrected chi connectivity index (χ0v) is 15.6. The van der Waals surface area contributed by atoms with Gasteiger partial charge in [0.25, 0.3) is 0 Å². The number of allylic oxidation sites excluding steroid dienone is 6. The summed E-state index contributed by atoms with van der Waals surface area (Å²) in [6.45, 7) is 0. The van der Waals surface area contributed by atoms with Gasteiger partial charge in [-0.25, -0.2) is 0 Å². The zero-order valence-electron chi connectivity index (χ0n) is 15.6. The summed E-state index contributed by atoms with van der Waals surface area (Å²) < 4.78 is 4.59. The van der Waals surface area contributed by atoms with Gasteiger partial charge >= 0.3 is 11.9 Å². The van der Waals surface area contributed by atoms with E-state index in [1.54, 1.807) is 0 Å². The van der Waals surface area contributed by atoms with E-state index in [9.17, 15) is 9.59 Å². The van der Waals surface area contributed by atoms with Crippen molar-refractivity contribution in [3.63, 3.8) is 0 Å². The second-order valence-electron chi connectivity index (χ2n) is 6.05. The van der Waals surface area contributed by atoms with E-state index in [2.05, 4.69) is 41.2 Å². The maximum atomic E-state index is 10.9. The molecule has 0 aliphatic rings. The average molecular weight is 350 g/mol. The van der Waals surface area contributed by atoms with Crippen LogP contribution in [0.4, 0.5) is 0 Å². The van der Waals surface area contributed by atoms with Crippen LogP contribution < -0.4 is 0 Å². The molecule has 142 valence electrons. The number of carbonyl (C=O) groups excluding carboxylic acids is 1. The van der Waals surface area contributed by atoms with E-state index in [-0.39, 0.29) is 5.97 Å². The Kier molecular flexibility index (Phi) is 17.1. The van der Waals surface area contributed by atoms with Crippen LogP contribution in [0.2, 0.25) is 0 Å². The molecule has 1 N–H and O–H groups in total. The maximum absolute atomic E-state index is 10.9. The molecule has 0 amide bonds. The summed E-state index contributed by atoms with van der Waals surface area (Å²) in [5, 5.41) is 8.53. The molecule has 0 aromatic rings. The standard InChI is InChI=1S/C21H34O4/c1-25-21(24)19-17-15-13-11-9-7-5-3-2-4-6-8-10-12-14-16-18-20(22)23/h2,4-5,7,11,13H,3,6,8-10,12,14-19H2,1H3,(H,22,23)/b4-2-,7-5-,13-11-. The smallest absolute Gasteiger partial charge is 0.305 e. The summed E-state index contributed by atoms with van der Waals surface area (Å²) in [7, 11) is 1.42. The molecule has 0 bridgehead atoms. The molecule has 0 spiro atoms. The summed E-state index contributed by atoms with van der Waals surface area (Å²) in [4.78, 5) is 21.3. The molecule has 0 rings (SSSR count). The molecule has 0 aromatic heterocycles. The maximum Gasteiger partial charge on any atom is 0.305 e. The first-order valence-corrected chi connectivity index (χ1v) is 9.40. The van der Waals surface area contributed by atoms with Gasteiger partial charge < -0.3 is 9.84 Å². The predicted molar refractivity (Wildman–Crippen MR) is 102 cm³/mol. The number of carbonyl (C=O) groups is 2. The summed E-state index contributed by atoms with van der Waals surface area (Å²) in [6.07, 6.45) is 23.9. The highest BCUT2D eigenvalue weighted by Gasteiger charge is 1.97. The minimum absolute atomic E-state index is 0.140. The van der Waals surface area contributed by atoms with Crippen LogP contribution in [-0.2, 0) is 14.3 Å². The van der Waals surface area contributed by atoms with Crippen LogP contribution in [0.25, 0.3) is 0 Å². The van der Waals surface area contributed by atoms with Gasteiger partial charge in [-0.3, -0.25) is 9.59 Å². The molecule has 0 aliphatic carbocycles. The Morgan fingerprint density at radius 2 is 1.24 bits per heavy atom. The molecule has 0 aliphatic heterocycles. The summed E-state index contributed by atoms with van der Waals surface area (Å²) >= 11 is 0.